The number of aromatic amines is 1. The molecule has 216 valence electrons. The number of nitrogens with one attached hydrogen (secondary N) is 2. The first-order chi connectivity index (χ1) is 21.1. The Bertz CT molecular complexity index is 1760. The van der Waals surface area contributed by atoms with Gasteiger partial charge in [0.2, 0.25) is 5.91 Å². The van der Waals surface area contributed by atoms with Crippen molar-refractivity contribution in [1.29, 1.82) is 0 Å². The summed E-state index contributed by atoms with van der Waals surface area (Å²) in [4.78, 5) is 24.2. The molecule has 4 aromatic carbocycles. The van der Waals surface area contributed by atoms with E-state index in [4.69, 9.17) is 4.99 Å². The molecule has 0 atom stereocenters. The fourth-order valence-electron chi connectivity index (χ4n) is 6.32. The number of hydrogen-bond donors (Lipinski definition) is 3. The second-order valence-corrected chi connectivity index (χ2v) is 11.8. The van der Waals surface area contributed by atoms with E-state index in [1.165, 1.54) is 24.8 Å². The lowest BCUT2D eigenvalue weighted by Crippen LogP contribution is -2.28. The van der Waals surface area contributed by atoms with Gasteiger partial charge in [0, 0.05) is 28.7 Å². The molecule has 2 aliphatic rings. The van der Waals surface area contributed by atoms with Gasteiger partial charge in [0.15, 0.2) is 5.88 Å². The third-order valence-electron chi connectivity index (χ3n) is 8.86. The molecule has 0 bridgehead atoms. The van der Waals surface area contributed by atoms with Crippen LogP contribution in [0.25, 0.3) is 10.9 Å². The predicted octanol–water partition coefficient (Wildman–Crippen LogP) is 7.70. The summed E-state index contributed by atoms with van der Waals surface area (Å²) in [6, 6.07) is 34.0. The van der Waals surface area contributed by atoms with Crippen molar-refractivity contribution in [1.82, 2.24) is 9.88 Å². The van der Waals surface area contributed by atoms with E-state index in [-0.39, 0.29) is 11.8 Å². The molecule has 5 aromatic rings. The minimum atomic E-state index is -0.476. The summed E-state index contributed by atoms with van der Waals surface area (Å²) in [7, 11) is 0. The van der Waals surface area contributed by atoms with E-state index in [1.54, 1.807) is 0 Å². The van der Waals surface area contributed by atoms with Crippen LogP contribution < -0.4 is 5.32 Å². The maximum Gasteiger partial charge on any atom is 0.235 e. The monoisotopic (exact) mass is 568 g/mol. The number of benzene rings is 4. The molecule has 2 fully saturated rings. The van der Waals surface area contributed by atoms with Gasteiger partial charge in [0.1, 0.15) is 0 Å². The van der Waals surface area contributed by atoms with Crippen LogP contribution in [-0.2, 0) is 16.8 Å². The Labute approximate surface area is 252 Å². The van der Waals surface area contributed by atoms with Gasteiger partial charge in [0.05, 0.1) is 22.4 Å². The van der Waals surface area contributed by atoms with Crippen molar-refractivity contribution >= 4 is 33.9 Å². The number of fused-ring (bicyclic) bond motifs is 1. The largest absolute Gasteiger partial charge is 0.494 e. The van der Waals surface area contributed by atoms with E-state index in [2.05, 4.69) is 39.5 Å². The van der Waals surface area contributed by atoms with Crippen molar-refractivity contribution in [2.45, 2.75) is 44.1 Å². The molecule has 1 saturated heterocycles. The summed E-state index contributed by atoms with van der Waals surface area (Å²) in [6.45, 7) is 3.28. The van der Waals surface area contributed by atoms with Crippen LogP contribution in [0.15, 0.2) is 108 Å². The van der Waals surface area contributed by atoms with Crippen molar-refractivity contribution in [2.24, 2.45) is 4.99 Å². The fourth-order valence-corrected chi connectivity index (χ4v) is 6.32. The molecule has 7 rings (SSSR count). The molecule has 1 aromatic heterocycles. The van der Waals surface area contributed by atoms with Crippen LogP contribution in [0.2, 0.25) is 0 Å². The maximum atomic E-state index is 13.5. The standard InChI is InChI=1S/C37H36N4O2/c42-35-33(31-24-30(18-19-32(31)40-35)39-36(43)37(20-21-37)28-12-6-2-7-13-28)34(27-10-4-1-5-11-27)38-29-16-14-26(15-17-29)25-41-22-8-3-9-23-41/h1-2,4-7,10-19,24,40,42H,3,8-9,20-23,25H2,(H,39,43). The molecule has 1 amide bonds. The SMILES string of the molecule is O=C(Nc1ccc2[nH]c(O)c(C(=Nc3ccc(CN4CCCCC4)cc3)c3ccccc3)c2c1)C1(c2ccccc2)CC1. The van der Waals surface area contributed by atoms with E-state index in [1.807, 2.05) is 78.9 Å². The number of likely N-dealkylation sites (tertiary alicyclic amines) is 1. The van der Waals surface area contributed by atoms with E-state index in [0.29, 0.717) is 17.0 Å². The van der Waals surface area contributed by atoms with Gasteiger partial charge in [-0.2, -0.15) is 0 Å². The number of aromatic hydroxyl groups is 1. The first kappa shape index (κ1) is 27.2. The van der Waals surface area contributed by atoms with Gasteiger partial charge in [-0.15, -0.1) is 0 Å². The van der Waals surface area contributed by atoms with Crippen molar-refractivity contribution in [2.75, 3.05) is 18.4 Å². The number of carbonyl (C=O) groups is 1. The summed E-state index contributed by atoms with van der Waals surface area (Å²) >= 11 is 0. The number of piperidine rings is 1. The van der Waals surface area contributed by atoms with Gasteiger partial charge in [0.25, 0.3) is 0 Å². The lowest BCUT2D eigenvalue weighted by molar-refractivity contribution is -0.118. The van der Waals surface area contributed by atoms with Crippen LogP contribution in [0, 0.1) is 0 Å². The Kier molecular flexibility index (Phi) is 7.29. The lowest BCUT2D eigenvalue weighted by atomic mass is 9.95. The average molecular weight is 569 g/mol. The number of carbonyl (C=O) groups excluding carboxylic acids is 1. The Morgan fingerprint density at radius 1 is 0.860 bits per heavy atom. The number of H-pyrrole nitrogens is 1. The smallest absolute Gasteiger partial charge is 0.235 e. The Hall–Kier alpha value is -4.68. The normalized spacial score (nSPS) is 16.7. The number of aliphatic imine (C=N–C) groups is 1. The topological polar surface area (TPSA) is 80.7 Å². The van der Waals surface area contributed by atoms with Crippen molar-refractivity contribution in [3.8, 4) is 5.88 Å². The molecule has 6 nitrogen and oxygen atoms in total. The molecule has 1 aliphatic heterocycles. The molecule has 1 aliphatic carbocycles. The highest BCUT2D eigenvalue weighted by molar-refractivity contribution is 6.22. The third kappa shape index (κ3) is 5.58. The highest BCUT2D eigenvalue weighted by Crippen LogP contribution is 2.49. The minimum absolute atomic E-state index is 0.000880. The fraction of sp³-hybridized carbons (Fsp3) is 0.243. The van der Waals surface area contributed by atoms with Gasteiger partial charge in [-0.25, -0.2) is 4.99 Å². The molecule has 2 heterocycles. The van der Waals surface area contributed by atoms with Gasteiger partial charge in [-0.1, -0.05) is 79.2 Å². The first-order valence-corrected chi connectivity index (χ1v) is 15.3. The Balaban J connectivity index is 1.22. The highest BCUT2D eigenvalue weighted by Gasteiger charge is 2.51. The molecule has 43 heavy (non-hydrogen) atoms. The molecule has 1 saturated carbocycles. The van der Waals surface area contributed by atoms with Gasteiger partial charge >= 0.3 is 0 Å². The first-order valence-electron chi connectivity index (χ1n) is 15.3. The summed E-state index contributed by atoms with van der Waals surface area (Å²) in [6.07, 6.45) is 5.55. The van der Waals surface area contributed by atoms with E-state index in [9.17, 15) is 9.90 Å². The van der Waals surface area contributed by atoms with Crippen LogP contribution in [0.4, 0.5) is 11.4 Å². The predicted molar refractivity (Wildman–Crippen MR) is 173 cm³/mol. The molecule has 0 spiro atoms. The second kappa shape index (κ2) is 11.5. The minimum Gasteiger partial charge on any atom is -0.494 e. The number of hydrogen-bond acceptors (Lipinski definition) is 4. The number of amides is 1. The van der Waals surface area contributed by atoms with Crippen molar-refractivity contribution in [3.05, 3.63) is 125 Å². The molecule has 3 N–H and O–H groups in total. The number of aromatic nitrogens is 1. The van der Waals surface area contributed by atoms with Crippen molar-refractivity contribution < 1.29 is 9.90 Å². The summed E-state index contributed by atoms with van der Waals surface area (Å²) < 4.78 is 0. The number of nitrogens with zero attached hydrogens (tertiary/aromatic N) is 2. The maximum absolute atomic E-state index is 13.5. The van der Waals surface area contributed by atoms with Gasteiger partial charge in [-0.05, 0) is 80.2 Å². The zero-order valence-electron chi connectivity index (χ0n) is 24.2. The lowest BCUT2D eigenvalue weighted by Gasteiger charge is -2.26. The molecule has 0 unspecified atom stereocenters. The molecular weight excluding hydrogens is 532 g/mol. The van der Waals surface area contributed by atoms with Crippen molar-refractivity contribution in [3.63, 3.8) is 0 Å². The molecule has 6 heteroatoms. The number of anilines is 1. The summed E-state index contributed by atoms with van der Waals surface area (Å²) in [5, 5.41) is 15.2. The Morgan fingerprint density at radius 3 is 2.26 bits per heavy atom. The van der Waals surface area contributed by atoms with Crippen LogP contribution in [0.5, 0.6) is 5.88 Å². The number of rotatable bonds is 8. The molecular formula is C37H36N4O2. The highest BCUT2D eigenvalue weighted by atomic mass is 16.3. The van der Waals surface area contributed by atoms with E-state index >= 15 is 0 Å². The summed E-state index contributed by atoms with van der Waals surface area (Å²) in [5.74, 6) is 0.0479. The van der Waals surface area contributed by atoms with E-state index < -0.39 is 5.41 Å². The van der Waals surface area contributed by atoms with Crippen LogP contribution in [0.1, 0.15) is 54.4 Å². The second-order valence-electron chi connectivity index (χ2n) is 11.8. The van der Waals surface area contributed by atoms with Gasteiger partial charge in [-0.3, -0.25) is 9.69 Å². The quantitative estimate of drug-likeness (QED) is 0.168. The summed E-state index contributed by atoms with van der Waals surface area (Å²) in [5.41, 5.74) is 6.30. The average Bonchev–Trinajstić information content (AvgIpc) is 3.80. The van der Waals surface area contributed by atoms with Crippen LogP contribution in [0.3, 0.4) is 0 Å². The Morgan fingerprint density at radius 2 is 1.56 bits per heavy atom. The third-order valence-corrected chi connectivity index (χ3v) is 8.86. The van der Waals surface area contributed by atoms with E-state index in [0.717, 1.165) is 60.2 Å². The van der Waals surface area contributed by atoms with Gasteiger partial charge < -0.3 is 15.4 Å². The molecule has 0 radical (unpaired) electrons. The zero-order valence-corrected chi connectivity index (χ0v) is 24.2. The zero-order chi connectivity index (χ0) is 29.2. The van der Waals surface area contributed by atoms with Crippen LogP contribution >= 0.6 is 0 Å². The van der Waals surface area contributed by atoms with Crippen LogP contribution in [-0.4, -0.2) is 39.7 Å².